The number of Topliss-reactive ketones (excluding diaryl/α,β-unsaturated/α-hetero) is 1. The molecule has 0 N–H and O–H groups in total. The molecule has 4 nitrogen and oxygen atoms in total. The van der Waals surface area contributed by atoms with Crippen LogP contribution in [0.5, 0.6) is 5.75 Å². The van der Waals surface area contributed by atoms with Crippen molar-refractivity contribution >= 4 is 5.78 Å². The first-order valence-corrected chi connectivity index (χ1v) is 8.89. The fraction of sp³-hybridized carbons (Fsp3) is 0.273. The van der Waals surface area contributed by atoms with Crippen molar-refractivity contribution in [2.45, 2.75) is 32.6 Å². The van der Waals surface area contributed by atoms with Gasteiger partial charge in [-0.2, -0.15) is 5.10 Å². The smallest absolute Gasteiger partial charge is 0.167 e. The topological polar surface area (TPSA) is 44.1 Å². The Morgan fingerprint density at radius 3 is 2.35 bits per heavy atom. The number of ether oxygens (including phenoxy) is 1. The number of nitrogens with zero attached hydrogens (tertiary/aromatic N) is 2. The Labute approximate surface area is 153 Å². The molecule has 132 valence electrons. The van der Waals surface area contributed by atoms with Crippen LogP contribution < -0.4 is 4.74 Å². The second-order valence-corrected chi connectivity index (χ2v) is 6.96. The summed E-state index contributed by atoms with van der Waals surface area (Å²) in [6, 6.07) is 16.3. The van der Waals surface area contributed by atoms with Gasteiger partial charge in [0.05, 0.1) is 29.7 Å². The van der Waals surface area contributed by atoms with Crippen LogP contribution in [0.15, 0.2) is 48.5 Å². The zero-order valence-corrected chi connectivity index (χ0v) is 15.3. The first-order chi connectivity index (χ1) is 12.6. The Morgan fingerprint density at radius 1 is 1.00 bits per heavy atom. The van der Waals surface area contributed by atoms with E-state index in [1.54, 1.807) is 7.11 Å². The lowest BCUT2D eigenvalue weighted by molar-refractivity contribution is 0.0963. The number of benzene rings is 2. The van der Waals surface area contributed by atoms with Crippen molar-refractivity contribution in [3.05, 3.63) is 76.6 Å². The molecule has 0 fully saturated rings. The fourth-order valence-electron chi connectivity index (χ4n) is 3.77. The second-order valence-electron chi connectivity index (χ2n) is 6.96. The van der Waals surface area contributed by atoms with E-state index in [-0.39, 0.29) is 11.7 Å². The van der Waals surface area contributed by atoms with Crippen molar-refractivity contribution in [3.8, 4) is 11.4 Å². The van der Waals surface area contributed by atoms with Gasteiger partial charge in [-0.15, -0.1) is 0 Å². The summed E-state index contributed by atoms with van der Waals surface area (Å²) < 4.78 is 7.16. The van der Waals surface area contributed by atoms with Crippen LogP contribution in [-0.2, 0) is 6.42 Å². The number of hydrogen-bond acceptors (Lipinski definition) is 3. The van der Waals surface area contributed by atoms with Gasteiger partial charge >= 0.3 is 0 Å². The lowest BCUT2D eigenvalue weighted by atomic mass is 9.81. The van der Waals surface area contributed by atoms with Crippen LogP contribution in [0, 0.1) is 13.8 Å². The van der Waals surface area contributed by atoms with Crippen molar-refractivity contribution < 1.29 is 9.53 Å². The van der Waals surface area contributed by atoms with Crippen LogP contribution in [-0.4, -0.2) is 22.7 Å². The summed E-state index contributed by atoms with van der Waals surface area (Å²) >= 11 is 0. The minimum Gasteiger partial charge on any atom is -0.497 e. The lowest BCUT2D eigenvalue weighted by Crippen LogP contribution is -2.20. The van der Waals surface area contributed by atoms with Crippen molar-refractivity contribution in [1.82, 2.24) is 9.78 Å². The van der Waals surface area contributed by atoms with E-state index in [2.05, 4.69) is 36.3 Å². The molecule has 0 amide bonds. The van der Waals surface area contributed by atoms with Gasteiger partial charge in [0.2, 0.25) is 0 Å². The van der Waals surface area contributed by atoms with Crippen LogP contribution in [0.4, 0.5) is 0 Å². The molecule has 0 unspecified atom stereocenters. The van der Waals surface area contributed by atoms with Crippen LogP contribution in [0.3, 0.4) is 0 Å². The third-order valence-corrected chi connectivity index (χ3v) is 5.17. The van der Waals surface area contributed by atoms with Crippen LogP contribution in [0.25, 0.3) is 5.69 Å². The second kappa shape index (κ2) is 6.45. The normalized spacial score (nSPS) is 16.4. The highest BCUT2D eigenvalue weighted by atomic mass is 16.5. The standard InChI is InChI=1S/C22H22N2O2/c1-14-4-6-16(7-5-14)17-12-20-22(21(25)13-17)15(2)23-24(20)18-8-10-19(26-3)11-9-18/h4-11,17H,12-13H2,1-3H3/t17-/m1/s1. The summed E-state index contributed by atoms with van der Waals surface area (Å²) in [5, 5.41) is 4.67. The molecule has 4 heteroatoms. The SMILES string of the molecule is COc1ccc(-n2nc(C)c3c2C[C@@H](c2ccc(C)cc2)CC3=O)cc1. The summed E-state index contributed by atoms with van der Waals surface area (Å²) in [4.78, 5) is 12.8. The van der Waals surface area contributed by atoms with Crippen molar-refractivity contribution in [1.29, 1.82) is 0 Å². The number of aromatic nitrogens is 2. The number of aryl methyl sites for hydroxylation is 2. The monoisotopic (exact) mass is 346 g/mol. The van der Waals surface area contributed by atoms with E-state index in [1.165, 1.54) is 11.1 Å². The van der Waals surface area contributed by atoms with Crippen molar-refractivity contribution in [3.63, 3.8) is 0 Å². The fourth-order valence-corrected chi connectivity index (χ4v) is 3.77. The van der Waals surface area contributed by atoms with Gasteiger partial charge in [-0.1, -0.05) is 29.8 Å². The molecule has 26 heavy (non-hydrogen) atoms. The van der Waals surface area contributed by atoms with E-state index in [0.29, 0.717) is 6.42 Å². The number of hydrogen-bond donors (Lipinski definition) is 0. The molecule has 4 rings (SSSR count). The summed E-state index contributed by atoms with van der Waals surface area (Å²) in [6.45, 7) is 4.00. The van der Waals surface area contributed by atoms with Crippen LogP contribution in [0.1, 0.15) is 45.2 Å². The highest BCUT2D eigenvalue weighted by molar-refractivity contribution is 6.00. The molecule has 0 spiro atoms. The molecule has 2 aromatic carbocycles. The molecule has 0 saturated carbocycles. The maximum Gasteiger partial charge on any atom is 0.167 e. The summed E-state index contributed by atoms with van der Waals surface area (Å²) in [6.07, 6.45) is 1.36. The number of carbonyl (C=O) groups is 1. The molecule has 0 bridgehead atoms. The maximum atomic E-state index is 12.8. The molecule has 1 atom stereocenters. The third kappa shape index (κ3) is 2.81. The van der Waals surface area contributed by atoms with E-state index in [9.17, 15) is 4.79 Å². The summed E-state index contributed by atoms with van der Waals surface area (Å²) in [7, 11) is 1.65. The predicted octanol–water partition coefficient (Wildman–Crippen LogP) is 4.41. The average molecular weight is 346 g/mol. The molecule has 0 saturated heterocycles. The third-order valence-electron chi connectivity index (χ3n) is 5.17. The molecule has 1 aliphatic rings. The van der Waals surface area contributed by atoms with Gasteiger partial charge in [0.25, 0.3) is 0 Å². The molecular weight excluding hydrogens is 324 g/mol. The first kappa shape index (κ1) is 16.6. The Morgan fingerprint density at radius 2 is 1.69 bits per heavy atom. The number of carbonyl (C=O) groups excluding carboxylic acids is 1. The summed E-state index contributed by atoms with van der Waals surface area (Å²) in [5.74, 6) is 1.19. The molecular formula is C22H22N2O2. The summed E-state index contributed by atoms with van der Waals surface area (Å²) in [5.41, 5.74) is 6.01. The highest BCUT2D eigenvalue weighted by Gasteiger charge is 2.32. The van der Waals surface area contributed by atoms with Gasteiger partial charge in [0.1, 0.15) is 5.75 Å². The lowest BCUT2D eigenvalue weighted by Gasteiger charge is -2.23. The van der Waals surface area contributed by atoms with Gasteiger partial charge in [-0.05, 0) is 56.0 Å². The Hall–Kier alpha value is -2.88. The van der Waals surface area contributed by atoms with E-state index in [1.807, 2.05) is 35.9 Å². The van der Waals surface area contributed by atoms with Crippen molar-refractivity contribution in [2.24, 2.45) is 0 Å². The Balaban J connectivity index is 1.75. The van der Waals surface area contributed by atoms with Crippen molar-refractivity contribution in [2.75, 3.05) is 7.11 Å². The zero-order valence-electron chi connectivity index (χ0n) is 15.3. The number of fused-ring (bicyclic) bond motifs is 1. The molecule has 1 aromatic heterocycles. The Kier molecular flexibility index (Phi) is 4.11. The molecule has 1 heterocycles. The number of rotatable bonds is 3. The number of methoxy groups -OCH3 is 1. The maximum absolute atomic E-state index is 12.8. The van der Waals surface area contributed by atoms with E-state index in [4.69, 9.17) is 4.74 Å². The van der Waals surface area contributed by atoms with E-state index < -0.39 is 0 Å². The van der Waals surface area contributed by atoms with Gasteiger partial charge in [-0.3, -0.25) is 4.79 Å². The van der Waals surface area contributed by atoms with Gasteiger partial charge in [0.15, 0.2) is 5.78 Å². The molecule has 0 aliphatic heterocycles. The van der Waals surface area contributed by atoms with E-state index >= 15 is 0 Å². The van der Waals surface area contributed by atoms with Gasteiger partial charge in [-0.25, -0.2) is 4.68 Å². The van der Waals surface area contributed by atoms with E-state index in [0.717, 1.165) is 34.8 Å². The molecule has 0 radical (unpaired) electrons. The minimum absolute atomic E-state index is 0.189. The van der Waals surface area contributed by atoms with Gasteiger partial charge in [0, 0.05) is 6.42 Å². The minimum atomic E-state index is 0.189. The Bertz CT molecular complexity index is 953. The zero-order chi connectivity index (χ0) is 18.3. The van der Waals surface area contributed by atoms with Gasteiger partial charge < -0.3 is 4.74 Å². The predicted molar refractivity (Wildman–Crippen MR) is 101 cm³/mol. The first-order valence-electron chi connectivity index (χ1n) is 8.89. The van der Waals surface area contributed by atoms with Crippen LogP contribution >= 0.6 is 0 Å². The quantitative estimate of drug-likeness (QED) is 0.705. The largest absolute Gasteiger partial charge is 0.497 e. The highest BCUT2D eigenvalue weighted by Crippen LogP contribution is 2.35. The average Bonchev–Trinajstić information content (AvgIpc) is 2.99. The van der Waals surface area contributed by atoms with Crippen LogP contribution in [0.2, 0.25) is 0 Å². The number of ketones is 1. The molecule has 1 aliphatic carbocycles. The molecule has 3 aromatic rings.